The predicted octanol–water partition coefficient (Wildman–Crippen LogP) is -0.331. The van der Waals surface area contributed by atoms with E-state index in [1.807, 2.05) is 11.8 Å². The monoisotopic (exact) mass is 239 g/mol. The molecule has 0 aromatic carbocycles. The van der Waals surface area contributed by atoms with Crippen LogP contribution in [-0.2, 0) is 0 Å². The summed E-state index contributed by atoms with van der Waals surface area (Å²) < 4.78 is 4.96. The lowest BCUT2D eigenvalue weighted by Gasteiger charge is -2.34. The zero-order valence-electron chi connectivity index (χ0n) is 10.00. The van der Waals surface area contributed by atoms with Crippen LogP contribution in [0.4, 0.5) is 11.9 Å². The highest BCUT2D eigenvalue weighted by Gasteiger charge is 2.26. The number of aliphatic hydroxyl groups is 1. The number of nitrogens with two attached hydrogens (primary N) is 1. The van der Waals surface area contributed by atoms with E-state index in [0.29, 0.717) is 25.5 Å². The normalized spacial score (nSPS) is 24.8. The summed E-state index contributed by atoms with van der Waals surface area (Å²) in [6, 6.07) is 0.214. The van der Waals surface area contributed by atoms with Crippen molar-refractivity contribution >= 4 is 11.9 Å². The Morgan fingerprint density at radius 1 is 1.41 bits per heavy atom. The van der Waals surface area contributed by atoms with Crippen LogP contribution in [-0.4, -0.2) is 46.4 Å². The lowest BCUT2D eigenvalue weighted by molar-refractivity contribution is 0.0966. The summed E-state index contributed by atoms with van der Waals surface area (Å²) in [5.74, 6) is 0.839. The lowest BCUT2D eigenvalue weighted by Crippen LogP contribution is -2.42. The maximum absolute atomic E-state index is 9.67. The number of hydrogen-bond donors (Lipinski definition) is 2. The summed E-state index contributed by atoms with van der Waals surface area (Å²) >= 11 is 0. The maximum Gasteiger partial charge on any atom is 0.322 e. The van der Waals surface area contributed by atoms with Gasteiger partial charge in [0.2, 0.25) is 11.9 Å². The summed E-state index contributed by atoms with van der Waals surface area (Å²) in [6.45, 7) is 3.41. The molecule has 0 spiro atoms. The molecule has 94 valence electrons. The van der Waals surface area contributed by atoms with Crippen molar-refractivity contribution in [2.45, 2.75) is 19.4 Å². The first-order chi connectivity index (χ1) is 8.10. The standard InChI is InChI=1S/C10H17N5O2/c1-6-5-15(4-3-7(6)16)9-12-8(11)13-10(14-9)17-2/h6-7,16H,3-5H2,1-2H3,(H2,11,12,13,14). The average molecular weight is 239 g/mol. The molecular weight excluding hydrogens is 222 g/mol. The van der Waals surface area contributed by atoms with Crippen molar-refractivity contribution in [3.8, 4) is 6.01 Å². The fraction of sp³-hybridized carbons (Fsp3) is 0.700. The van der Waals surface area contributed by atoms with E-state index in [1.165, 1.54) is 7.11 Å². The molecule has 1 aliphatic heterocycles. The van der Waals surface area contributed by atoms with Crippen LogP contribution in [0.3, 0.4) is 0 Å². The van der Waals surface area contributed by atoms with Gasteiger partial charge >= 0.3 is 6.01 Å². The number of aromatic nitrogens is 3. The molecule has 7 nitrogen and oxygen atoms in total. The number of nitrogen functional groups attached to an aromatic ring is 1. The van der Waals surface area contributed by atoms with Gasteiger partial charge in [-0.2, -0.15) is 15.0 Å². The minimum absolute atomic E-state index is 0.144. The van der Waals surface area contributed by atoms with Crippen LogP contribution in [0.1, 0.15) is 13.3 Å². The summed E-state index contributed by atoms with van der Waals surface area (Å²) in [7, 11) is 1.49. The van der Waals surface area contributed by atoms with Gasteiger partial charge in [-0.15, -0.1) is 0 Å². The molecule has 3 N–H and O–H groups in total. The summed E-state index contributed by atoms with van der Waals surface area (Å²) in [6.07, 6.45) is 0.446. The smallest absolute Gasteiger partial charge is 0.322 e. The summed E-state index contributed by atoms with van der Waals surface area (Å²) in [5.41, 5.74) is 5.59. The van der Waals surface area contributed by atoms with Gasteiger partial charge in [-0.1, -0.05) is 6.92 Å². The first kappa shape index (κ1) is 11.8. The van der Waals surface area contributed by atoms with Gasteiger partial charge in [0.05, 0.1) is 13.2 Å². The third-order valence-corrected chi connectivity index (χ3v) is 2.95. The molecule has 0 radical (unpaired) electrons. The van der Waals surface area contributed by atoms with E-state index in [2.05, 4.69) is 15.0 Å². The van der Waals surface area contributed by atoms with Crippen molar-refractivity contribution in [2.24, 2.45) is 5.92 Å². The van der Waals surface area contributed by atoms with E-state index >= 15 is 0 Å². The third-order valence-electron chi connectivity index (χ3n) is 2.95. The Hall–Kier alpha value is -1.63. The molecule has 0 amide bonds. The van der Waals surface area contributed by atoms with E-state index in [0.717, 1.165) is 0 Å². The summed E-state index contributed by atoms with van der Waals surface area (Å²) in [5, 5.41) is 9.67. The number of methoxy groups -OCH3 is 1. The number of aliphatic hydroxyl groups excluding tert-OH is 1. The molecule has 2 unspecified atom stereocenters. The molecule has 1 aliphatic rings. The molecule has 2 rings (SSSR count). The van der Waals surface area contributed by atoms with E-state index in [9.17, 15) is 5.11 Å². The second-order valence-electron chi connectivity index (χ2n) is 4.26. The molecule has 0 aliphatic carbocycles. The van der Waals surface area contributed by atoms with E-state index in [1.54, 1.807) is 0 Å². The minimum atomic E-state index is -0.257. The van der Waals surface area contributed by atoms with Crippen LogP contribution < -0.4 is 15.4 Å². The van der Waals surface area contributed by atoms with Crippen molar-refractivity contribution in [3.63, 3.8) is 0 Å². The molecule has 17 heavy (non-hydrogen) atoms. The third kappa shape index (κ3) is 2.55. The van der Waals surface area contributed by atoms with Gasteiger partial charge < -0.3 is 20.5 Å². The van der Waals surface area contributed by atoms with Gasteiger partial charge in [-0.05, 0) is 12.3 Å². The largest absolute Gasteiger partial charge is 0.467 e. The molecule has 1 aromatic heterocycles. The van der Waals surface area contributed by atoms with Gasteiger partial charge in [-0.3, -0.25) is 0 Å². The zero-order chi connectivity index (χ0) is 12.4. The Morgan fingerprint density at radius 3 is 2.82 bits per heavy atom. The molecular formula is C10H17N5O2. The van der Waals surface area contributed by atoms with E-state index < -0.39 is 0 Å². The van der Waals surface area contributed by atoms with E-state index in [-0.39, 0.29) is 24.0 Å². The van der Waals surface area contributed by atoms with Crippen LogP contribution in [0.5, 0.6) is 6.01 Å². The van der Waals surface area contributed by atoms with Crippen molar-refractivity contribution in [1.82, 2.24) is 15.0 Å². The number of ether oxygens (including phenoxy) is 1. The number of hydrogen-bond acceptors (Lipinski definition) is 7. The Labute approximate surface area is 99.6 Å². The van der Waals surface area contributed by atoms with Crippen molar-refractivity contribution in [2.75, 3.05) is 30.8 Å². The van der Waals surface area contributed by atoms with Gasteiger partial charge in [-0.25, -0.2) is 0 Å². The Morgan fingerprint density at radius 2 is 2.18 bits per heavy atom. The molecule has 2 atom stereocenters. The highest BCUT2D eigenvalue weighted by molar-refractivity contribution is 5.36. The first-order valence-electron chi connectivity index (χ1n) is 5.58. The van der Waals surface area contributed by atoms with Gasteiger partial charge in [0.1, 0.15) is 0 Å². The maximum atomic E-state index is 9.67. The van der Waals surface area contributed by atoms with Gasteiger partial charge in [0, 0.05) is 13.1 Å². The molecule has 0 bridgehead atoms. The van der Waals surface area contributed by atoms with Crippen LogP contribution in [0.25, 0.3) is 0 Å². The highest BCUT2D eigenvalue weighted by atomic mass is 16.5. The minimum Gasteiger partial charge on any atom is -0.467 e. The quantitative estimate of drug-likeness (QED) is 0.729. The van der Waals surface area contributed by atoms with Crippen molar-refractivity contribution in [1.29, 1.82) is 0 Å². The van der Waals surface area contributed by atoms with Crippen molar-refractivity contribution in [3.05, 3.63) is 0 Å². The van der Waals surface area contributed by atoms with Crippen LogP contribution >= 0.6 is 0 Å². The first-order valence-corrected chi connectivity index (χ1v) is 5.58. The molecule has 2 heterocycles. The number of piperidine rings is 1. The van der Waals surface area contributed by atoms with Crippen molar-refractivity contribution < 1.29 is 9.84 Å². The Bertz CT molecular complexity index is 400. The molecule has 0 saturated carbocycles. The molecule has 1 aromatic rings. The van der Waals surface area contributed by atoms with Crippen LogP contribution in [0, 0.1) is 5.92 Å². The van der Waals surface area contributed by atoms with E-state index in [4.69, 9.17) is 10.5 Å². The van der Waals surface area contributed by atoms with Crippen LogP contribution in [0.15, 0.2) is 0 Å². The van der Waals surface area contributed by atoms with Gasteiger partial charge in [0.25, 0.3) is 0 Å². The topological polar surface area (TPSA) is 97.4 Å². The molecule has 7 heteroatoms. The zero-order valence-corrected chi connectivity index (χ0v) is 10.00. The fourth-order valence-corrected chi connectivity index (χ4v) is 1.91. The number of rotatable bonds is 2. The Balaban J connectivity index is 2.19. The van der Waals surface area contributed by atoms with Crippen LogP contribution in [0.2, 0.25) is 0 Å². The number of anilines is 2. The fourth-order valence-electron chi connectivity index (χ4n) is 1.91. The molecule has 1 saturated heterocycles. The predicted molar refractivity (Wildman–Crippen MR) is 62.8 cm³/mol. The average Bonchev–Trinajstić information content (AvgIpc) is 2.32. The molecule has 1 fully saturated rings. The second kappa shape index (κ2) is 4.70. The number of nitrogens with zero attached hydrogens (tertiary/aromatic N) is 4. The van der Waals surface area contributed by atoms with Gasteiger partial charge in [0.15, 0.2) is 0 Å². The highest BCUT2D eigenvalue weighted by Crippen LogP contribution is 2.21. The second-order valence-corrected chi connectivity index (χ2v) is 4.26. The SMILES string of the molecule is COc1nc(N)nc(N2CCC(O)C(C)C2)n1. The lowest BCUT2D eigenvalue weighted by atomic mass is 9.97. The Kier molecular flexibility index (Phi) is 3.28. The summed E-state index contributed by atoms with van der Waals surface area (Å²) in [4.78, 5) is 14.1.